The van der Waals surface area contributed by atoms with Crippen molar-refractivity contribution in [2.75, 3.05) is 7.11 Å². The van der Waals surface area contributed by atoms with Crippen molar-refractivity contribution in [2.45, 2.75) is 19.7 Å². The van der Waals surface area contributed by atoms with E-state index in [-0.39, 0.29) is 5.91 Å². The number of nitrogens with zero attached hydrogens (tertiary/aromatic N) is 1. The Hall–Kier alpha value is -2.30. The molecule has 1 heterocycles. The van der Waals surface area contributed by atoms with Crippen molar-refractivity contribution < 1.29 is 19.1 Å². The van der Waals surface area contributed by atoms with E-state index in [1.165, 1.54) is 17.9 Å². The van der Waals surface area contributed by atoms with Crippen LogP contribution in [-0.4, -0.2) is 30.1 Å². The molecule has 0 saturated heterocycles. The zero-order chi connectivity index (χ0) is 13.8. The number of methoxy groups -OCH3 is 1. The van der Waals surface area contributed by atoms with Gasteiger partial charge in [0, 0.05) is 19.5 Å². The van der Waals surface area contributed by atoms with Gasteiger partial charge >= 0.3 is 5.97 Å². The molecule has 0 N–H and O–H groups in total. The fourth-order valence-electron chi connectivity index (χ4n) is 1.86. The van der Waals surface area contributed by atoms with Crippen molar-refractivity contribution >= 4 is 11.9 Å². The van der Waals surface area contributed by atoms with Crippen molar-refractivity contribution in [1.82, 2.24) is 4.90 Å². The Bertz CT molecular complexity index is 507. The maximum atomic E-state index is 11.7. The summed E-state index contributed by atoms with van der Waals surface area (Å²) >= 11 is 0. The number of rotatable bonds is 4. The van der Waals surface area contributed by atoms with Gasteiger partial charge in [0.2, 0.25) is 5.91 Å². The third-order valence-electron chi connectivity index (χ3n) is 2.79. The molecule has 2 rings (SSSR count). The lowest BCUT2D eigenvalue weighted by molar-refractivity contribution is -0.155. The topological polar surface area (TPSA) is 55.8 Å². The van der Waals surface area contributed by atoms with Crippen LogP contribution in [0.4, 0.5) is 0 Å². The standard InChI is InChI=1S/C14H15NO4/c1-10(16)19-14-8-7-13(17)15(14)9-11-3-5-12(18-2)6-4-11/h3-8,14H,9H2,1-2H3/t14-/m1/s1. The SMILES string of the molecule is COc1ccc(CN2C(=O)C=C[C@H]2OC(C)=O)cc1. The molecule has 19 heavy (non-hydrogen) atoms. The third-order valence-corrected chi connectivity index (χ3v) is 2.79. The first-order chi connectivity index (χ1) is 9.10. The van der Waals surface area contributed by atoms with E-state index in [2.05, 4.69) is 0 Å². The summed E-state index contributed by atoms with van der Waals surface area (Å²) in [7, 11) is 1.60. The molecular formula is C14H15NO4. The third kappa shape index (κ3) is 3.13. The smallest absolute Gasteiger partial charge is 0.304 e. The van der Waals surface area contributed by atoms with Crippen LogP contribution in [0.2, 0.25) is 0 Å². The number of ether oxygens (including phenoxy) is 2. The molecule has 1 amide bonds. The summed E-state index contributed by atoms with van der Waals surface area (Å²) in [4.78, 5) is 24.2. The maximum absolute atomic E-state index is 11.7. The Balaban J connectivity index is 2.07. The summed E-state index contributed by atoms with van der Waals surface area (Å²) in [5.41, 5.74) is 0.940. The normalized spacial score (nSPS) is 17.7. The number of carbonyl (C=O) groups excluding carboxylic acids is 2. The molecule has 0 unspecified atom stereocenters. The Morgan fingerprint density at radius 2 is 2.00 bits per heavy atom. The largest absolute Gasteiger partial charge is 0.497 e. The molecule has 100 valence electrons. The molecule has 5 nitrogen and oxygen atoms in total. The summed E-state index contributed by atoms with van der Waals surface area (Å²) in [6.45, 7) is 1.70. The molecule has 1 aliphatic rings. The highest BCUT2D eigenvalue weighted by atomic mass is 16.6. The minimum Gasteiger partial charge on any atom is -0.497 e. The molecule has 1 aliphatic heterocycles. The van der Waals surface area contributed by atoms with E-state index < -0.39 is 12.2 Å². The van der Waals surface area contributed by atoms with Crippen LogP contribution >= 0.6 is 0 Å². The van der Waals surface area contributed by atoms with Crippen molar-refractivity contribution in [3.8, 4) is 5.75 Å². The number of esters is 1. The quantitative estimate of drug-likeness (QED) is 0.770. The predicted octanol–water partition coefficient (Wildman–Crippen LogP) is 1.48. The summed E-state index contributed by atoms with van der Waals surface area (Å²) in [6, 6.07) is 7.39. The van der Waals surface area contributed by atoms with Gasteiger partial charge in [-0.1, -0.05) is 12.1 Å². The lowest BCUT2D eigenvalue weighted by atomic mass is 10.2. The highest BCUT2D eigenvalue weighted by Crippen LogP contribution is 2.18. The van der Waals surface area contributed by atoms with E-state index in [9.17, 15) is 9.59 Å². The second kappa shape index (κ2) is 5.56. The Morgan fingerprint density at radius 3 is 2.58 bits per heavy atom. The van der Waals surface area contributed by atoms with E-state index >= 15 is 0 Å². The van der Waals surface area contributed by atoms with Gasteiger partial charge in [0.1, 0.15) is 5.75 Å². The van der Waals surface area contributed by atoms with E-state index in [1.54, 1.807) is 13.2 Å². The first kappa shape index (κ1) is 13.1. The lowest BCUT2D eigenvalue weighted by Gasteiger charge is -2.24. The number of carbonyl (C=O) groups is 2. The minimum atomic E-state index is -0.618. The van der Waals surface area contributed by atoms with E-state index in [0.717, 1.165) is 11.3 Å². The number of benzene rings is 1. The van der Waals surface area contributed by atoms with E-state index in [4.69, 9.17) is 9.47 Å². The average molecular weight is 261 g/mol. The Kier molecular flexibility index (Phi) is 3.85. The molecule has 0 radical (unpaired) electrons. The second-order valence-corrected chi connectivity index (χ2v) is 4.17. The van der Waals surface area contributed by atoms with E-state index in [1.807, 2.05) is 24.3 Å². The van der Waals surface area contributed by atoms with Crippen molar-refractivity contribution in [3.05, 3.63) is 42.0 Å². The Labute approximate surface area is 111 Å². The lowest BCUT2D eigenvalue weighted by Crippen LogP contribution is -2.36. The van der Waals surface area contributed by atoms with Gasteiger partial charge in [0.05, 0.1) is 7.11 Å². The molecule has 1 aromatic rings. The van der Waals surface area contributed by atoms with Crippen LogP contribution in [0.25, 0.3) is 0 Å². The summed E-state index contributed by atoms with van der Waals surface area (Å²) in [6.07, 6.45) is 2.37. The van der Waals surface area contributed by atoms with Gasteiger partial charge in [-0.2, -0.15) is 0 Å². The van der Waals surface area contributed by atoms with Crippen LogP contribution in [0.1, 0.15) is 12.5 Å². The van der Waals surface area contributed by atoms with Gasteiger partial charge in [-0.15, -0.1) is 0 Å². The van der Waals surface area contributed by atoms with Gasteiger partial charge in [0.15, 0.2) is 6.23 Å². The van der Waals surface area contributed by atoms with Crippen LogP contribution < -0.4 is 4.74 Å². The second-order valence-electron chi connectivity index (χ2n) is 4.17. The van der Waals surface area contributed by atoms with Gasteiger partial charge < -0.3 is 9.47 Å². The number of hydrogen-bond donors (Lipinski definition) is 0. The van der Waals surface area contributed by atoms with Crippen LogP contribution in [0, 0.1) is 0 Å². The van der Waals surface area contributed by atoms with Gasteiger partial charge in [0.25, 0.3) is 0 Å². The van der Waals surface area contributed by atoms with Crippen molar-refractivity contribution in [1.29, 1.82) is 0 Å². The molecule has 0 aliphatic carbocycles. The molecule has 5 heteroatoms. The molecule has 0 aromatic heterocycles. The fraction of sp³-hybridized carbons (Fsp3) is 0.286. The zero-order valence-electron chi connectivity index (χ0n) is 10.8. The Morgan fingerprint density at radius 1 is 1.32 bits per heavy atom. The summed E-state index contributed by atoms with van der Waals surface area (Å²) < 4.78 is 10.1. The van der Waals surface area contributed by atoms with Crippen LogP contribution in [-0.2, 0) is 20.9 Å². The predicted molar refractivity (Wildman–Crippen MR) is 68.2 cm³/mol. The molecule has 0 fully saturated rings. The first-order valence-electron chi connectivity index (χ1n) is 5.89. The molecule has 0 saturated carbocycles. The monoisotopic (exact) mass is 261 g/mol. The average Bonchev–Trinajstić information content (AvgIpc) is 2.72. The highest BCUT2D eigenvalue weighted by molar-refractivity contribution is 5.90. The fourth-order valence-corrected chi connectivity index (χ4v) is 1.86. The molecule has 0 spiro atoms. The number of amides is 1. The van der Waals surface area contributed by atoms with Crippen molar-refractivity contribution in [3.63, 3.8) is 0 Å². The summed E-state index contributed by atoms with van der Waals surface area (Å²) in [5, 5.41) is 0. The molecule has 1 atom stereocenters. The minimum absolute atomic E-state index is 0.165. The van der Waals surface area contributed by atoms with Crippen molar-refractivity contribution in [2.24, 2.45) is 0 Å². The van der Waals surface area contributed by atoms with E-state index in [0.29, 0.717) is 6.54 Å². The summed E-state index contributed by atoms with van der Waals surface area (Å²) in [5.74, 6) is 0.178. The number of hydrogen-bond acceptors (Lipinski definition) is 4. The van der Waals surface area contributed by atoms with Gasteiger partial charge in [-0.05, 0) is 23.8 Å². The molecule has 1 aromatic carbocycles. The van der Waals surface area contributed by atoms with Crippen LogP contribution in [0.5, 0.6) is 5.75 Å². The van der Waals surface area contributed by atoms with Crippen LogP contribution in [0.3, 0.4) is 0 Å². The highest BCUT2D eigenvalue weighted by Gasteiger charge is 2.27. The van der Waals surface area contributed by atoms with Crippen LogP contribution in [0.15, 0.2) is 36.4 Å². The van der Waals surface area contributed by atoms with Gasteiger partial charge in [-0.25, -0.2) is 0 Å². The zero-order valence-corrected chi connectivity index (χ0v) is 10.8. The molecular weight excluding hydrogens is 246 g/mol. The van der Waals surface area contributed by atoms with Gasteiger partial charge in [-0.3, -0.25) is 14.5 Å². The first-order valence-corrected chi connectivity index (χ1v) is 5.89. The maximum Gasteiger partial charge on any atom is 0.304 e. The molecule has 0 bridgehead atoms.